The van der Waals surface area contributed by atoms with Crippen LogP contribution in [-0.4, -0.2) is 59.1 Å². The Bertz CT molecular complexity index is 1120. The highest BCUT2D eigenvalue weighted by atomic mass is 16.6. The van der Waals surface area contributed by atoms with Crippen LogP contribution in [0.25, 0.3) is 11.4 Å². The number of nitrogens with zero attached hydrogens (tertiary/aromatic N) is 4. The molecule has 0 saturated carbocycles. The number of amidine groups is 1. The summed E-state index contributed by atoms with van der Waals surface area (Å²) >= 11 is 0. The maximum absolute atomic E-state index is 13.3. The van der Waals surface area contributed by atoms with Gasteiger partial charge in [0.25, 0.3) is 0 Å². The summed E-state index contributed by atoms with van der Waals surface area (Å²) < 4.78 is 16.1. The number of unbranched alkanes of at least 4 members (excludes halogenated alkanes) is 1. The molecule has 0 saturated heterocycles. The van der Waals surface area contributed by atoms with E-state index in [-0.39, 0.29) is 5.84 Å². The number of amides is 1. The Morgan fingerprint density at radius 3 is 2.33 bits per heavy atom. The molecular formula is C27H36N4O5. The van der Waals surface area contributed by atoms with Crippen molar-refractivity contribution < 1.29 is 23.8 Å². The minimum Gasteiger partial charge on any atom is -0.496 e. The molecule has 0 aliphatic heterocycles. The van der Waals surface area contributed by atoms with E-state index in [1.165, 1.54) is 12.0 Å². The fourth-order valence-corrected chi connectivity index (χ4v) is 3.19. The summed E-state index contributed by atoms with van der Waals surface area (Å²) in [4.78, 5) is 40.3. The fraction of sp³-hybridized carbons (Fsp3) is 0.444. The van der Waals surface area contributed by atoms with E-state index in [0.717, 1.165) is 24.0 Å². The lowest BCUT2D eigenvalue weighted by Crippen LogP contribution is -2.44. The Balaban J connectivity index is 2.78. The number of allylic oxidation sites excluding steroid dienone is 1. The van der Waals surface area contributed by atoms with Crippen LogP contribution in [0.3, 0.4) is 0 Å². The number of methoxy groups -OCH3 is 2. The minimum atomic E-state index is -0.793. The maximum atomic E-state index is 13.3. The van der Waals surface area contributed by atoms with Crippen molar-refractivity contribution in [3.05, 3.63) is 53.5 Å². The highest BCUT2D eigenvalue weighted by Crippen LogP contribution is 2.30. The Morgan fingerprint density at radius 2 is 1.78 bits per heavy atom. The molecular weight excluding hydrogens is 460 g/mol. The van der Waals surface area contributed by atoms with Crippen LogP contribution >= 0.6 is 0 Å². The van der Waals surface area contributed by atoms with Gasteiger partial charge in [-0.2, -0.15) is 0 Å². The van der Waals surface area contributed by atoms with Crippen LogP contribution in [0.1, 0.15) is 57.2 Å². The standard InChI is InChI=1S/C27H36N4O5/c1-9-10-11-12-28-25(31(17-23(32)35-8)26(33)36-27(4,5)6)21-13-20(14-22(34-7)19(21)3)24-29-15-18(2)16-30-24/h11-16H,9-10,17H2,1-8H3/b12-11+,28-25?. The molecule has 1 amide bonds. The molecule has 1 aromatic carbocycles. The first-order valence-electron chi connectivity index (χ1n) is 11.8. The third kappa shape index (κ3) is 7.90. The number of aliphatic imine (C=N–C) groups is 1. The lowest BCUT2D eigenvalue weighted by molar-refractivity contribution is -0.140. The molecule has 9 nitrogen and oxygen atoms in total. The average molecular weight is 497 g/mol. The van der Waals surface area contributed by atoms with Crippen LogP contribution in [0.15, 0.2) is 41.8 Å². The van der Waals surface area contributed by atoms with Gasteiger partial charge in [0, 0.05) is 35.3 Å². The molecule has 0 radical (unpaired) electrons. The molecule has 0 aliphatic carbocycles. The number of esters is 1. The zero-order chi connectivity index (χ0) is 26.9. The SMILES string of the molecule is CCC/C=C/N=C(c1cc(-c2ncc(C)cn2)cc(OC)c1C)N(CC(=O)OC)C(=O)OC(C)(C)C. The topological polar surface area (TPSA) is 103 Å². The van der Waals surface area contributed by atoms with E-state index >= 15 is 0 Å². The molecule has 1 aromatic heterocycles. The van der Waals surface area contributed by atoms with Gasteiger partial charge < -0.3 is 14.2 Å². The quantitative estimate of drug-likeness (QED) is 0.280. The smallest absolute Gasteiger partial charge is 0.416 e. The van der Waals surface area contributed by atoms with Crippen LogP contribution in [0.4, 0.5) is 4.79 Å². The van der Waals surface area contributed by atoms with E-state index in [1.54, 1.807) is 46.5 Å². The summed E-state index contributed by atoms with van der Waals surface area (Å²) in [6.07, 6.45) is 7.97. The molecule has 2 aromatic rings. The lowest BCUT2D eigenvalue weighted by atomic mass is 10.0. The van der Waals surface area contributed by atoms with Crippen molar-refractivity contribution in [1.82, 2.24) is 14.9 Å². The number of aromatic nitrogens is 2. The number of carbonyl (C=O) groups is 2. The molecule has 1 heterocycles. The molecule has 194 valence electrons. The van der Waals surface area contributed by atoms with Crippen molar-refractivity contribution in [2.45, 2.75) is 60.0 Å². The Morgan fingerprint density at radius 1 is 1.11 bits per heavy atom. The van der Waals surface area contributed by atoms with Gasteiger partial charge in [-0.1, -0.05) is 19.4 Å². The predicted octanol–water partition coefficient (Wildman–Crippen LogP) is 5.24. The molecule has 0 unspecified atom stereocenters. The number of hydrogen-bond donors (Lipinski definition) is 0. The van der Waals surface area contributed by atoms with Crippen molar-refractivity contribution in [3.63, 3.8) is 0 Å². The van der Waals surface area contributed by atoms with E-state index in [9.17, 15) is 9.59 Å². The molecule has 0 bridgehead atoms. The summed E-state index contributed by atoms with van der Waals surface area (Å²) in [7, 11) is 2.82. The molecule has 36 heavy (non-hydrogen) atoms. The van der Waals surface area contributed by atoms with Crippen molar-refractivity contribution in [2.24, 2.45) is 4.99 Å². The Kier molecular flexibility index (Phi) is 10.1. The lowest BCUT2D eigenvalue weighted by Gasteiger charge is -2.28. The molecule has 0 spiro atoms. The van der Waals surface area contributed by atoms with E-state index < -0.39 is 24.2 Å². The molecule has 0 aliphatic rings. The number of benzene rings is 1. The van der Waals surface area contributed by atoms with Crippen molar-refractivity contribution in [2.75, 3.05) is 20.8 Å². The molecule has 0 N–H and O–H groups in total. The summed E-state index contributed by atoms with van der Waals surface area (Å²) in [5, 5.41) is 0. The fourth-order valence-electron chi connectivity index (χ4n) is 3.19. The molecule has 9 heteroatoms. The average Bonchev–Trinajstić information content (AvgIpc) is 2.82. The highest BCUT2D eigenvalue weighted by Gasteiger charge is 2.30. The first-order chi connectivity index (χ1) is 17.0. The van der Waals surface area contributed by atoms with Crippen molar-refractivity contribution in [1.29, 1.82) is 0 Å². The van der Waals surface area contributed by atoms with E-state index in [2.05, 4.69) is 21.9 Å². The normalized spacial score (nSPS) is 11.9. The Labute approximate surface area is 213 Å². The van der Waals surface area contributed by atoms with Crippen LogP contribution in [0, 0.1) is 13.8 Å². The number of hydrogen-bond acceptors (Lipinski definition) is 8. The zero-order valence-corrected chi connectivity index (χ0v) is 22.4. The summed E-state index contributed by atoms with van der Waals surface area (Å²) in [6, 6.07) is 3.65. The summed E-state index contributed by atoms with van der Waals surface area (Å²) in [5.74, 6) is 0.637. The van der Waals surface area contributed by atoms with Gasteiger partial charge in [0.05, 0.1) is 14.2 Å². The van der Waals surface area contributed by atoms with Gasteiger partial charge >= 0.3 is 12.1 Å². The van der Waals surface area contributed by atoms with Gasteiger partial charge in [-0.15, -0.1) is 0 Å². The van der Waals surface area contributed by atoms with Crippen LogP contribution < -0.4 is 4.74 Å². The van der Waals surface area contributed by atoms with Crippen LogP contribution in [0.2, 0.25) is 0 Å². The number of aryl methyl sites for hydroxylation is 1. The van der Waals surface area contributed by atoms with E-state index in [4.69, 9.17) is 14.2 Å². The third-order valence-electron chi connectivity index (χ3n) is 5.00. The summed E-state index contributed by atoms with van der Waals surface area (Å²) in [5.41, 5.74) is 2.08. The second-order valence-corrected chi connectivity index (χ2v) is 9.20. The van der Waals surface area contributed by atoms with Crippen LogP contribution in [-0.2, 0) is 14.3 Å². The van der Waals surface area contributed by atoms with Gasteiger partial charge in [-0.3, -0.25) is 4.79 Å². The Hall–Kier alpha value is -3.75. The van der Waals surface area contributed by atoms with Gasteiger partial charge in [-0.05, 0) is 58.7 Å². The largest absolute Gasteiger partial charge is 0.496 e. The molecule has 2 rings (SSSR count). The molecule has 0 atom stereocenters. The number of carbonyl (C=O) groups excluding carboxylic acids is 2. The number of rotatable bonds is 8. The second kappa shape index (κ2) is 12.8. The maximum Gasteiger partial charge on any atom is 0.416 e. The van der Waals surface area contributed by atoms with Gasteiger partial charge in [0.1, 0.15) is 23.7 Å². The zero-order valence-electron chi connectivity index (χ0n) is 22.4. The van der Waals surface area contributed by atoms with Gasteiger partial charge in [0.15, 0.2) is 5.82 Å². The van der Waals surface area contributed by atoms with Crippen molar-refractivity contribution in [3.8, 4) is 17.1 Å². The van der Waals surface area contributed by atoms with Crippen LogP contribution in [0.5, 0.6) is 5.75 Å². The van der Waals surface area contributed by atoms with E-state index in [0.29, 0.717) is 22.7 Å². The first kappa shape index (κ1) is 28.5. The second-order valence-electron chi connectivity index (χ2n) is 9.20. The monoisotopic (exact) mass is 496 g/mol. The van der Waals surface area contributed by atoms with Gasteiger partial charge in [0.2, 0.25) is 0 Å². The third-order valence-corrected chi connectivity index (χ3v) is 5.00. The first-order valence-corrected chi connectivity index (χ1v) is 11.8. The number of ether oxygens (including phenoxy) is 3. The molecule has 0 fully saturated rings. The van der Waals surface area contributed by atoms with Gasteiger partial charge in [-0.25, -0.2) is 24.7 Å². The highest BCUT2D eigenvalue weighted by molar-refractivity contribution is 6.10. The minimum absolute atomic E-state index is 0.215. The summed E-state index contributed by atoms with van der Waals surface area (Å²) in [6.45, 7) is 10.7. The predicted molar refractivity (Wildman–Crippen MR) is 139 cm³/mol. The van der Waals surface area contributed by atoms with Crippen molar-refractivity contribution >= 4 is 17.9 Å². The van der Waals surface area contributed by atoms with E-state index in [1.807, 2.05) is 32.1 Å².